The minimum absolute atomic E-state index is 0.0541. The molecule has 0 amide bonds. The van der Waals surface area contributed by atoms with Crippen LogP contribution in [-0.4, -0.2) is 96.7 Å². The molecule has 0 aliphatic heterocycles. The Hall–Kier alpha value is -4.02. The minimum Gasteiger partial charge on any atom is -0.462 e. The summed E-state index contributed by atoms with van der Waals surface area (Å²) < 4.78 is 68.6. The number of carbonyl (C=O) groups is 4. The van der Waals surface area contributed by atoms with E-state index in [1.54, 1.807) is 0 Å². The second kappa shape index (κ2) is 75.2. The van der Waals surface area contributed by atoms with Gasteiger partial charge in [0.1, 0.15) is 19.3 Å². The summed E-state index contributed by atoms with van der Waals surface area (Å²) in [5.74, 6) is -2.22. The number of hydrogen-bond acceptors (Lipinski definition) is 15. The van der Waals surface area contributed by atoms with Crippen LogP contribution in [0.3, 0.4) is 0 Å². The molecule has 0 heterocycles. The number of aliphatic hydroxyl groups excluding tert-OH is 1. The molecule has 0 aromatic heterocycles. The van der Waals surface area contributed by atoms with Gasteiger partial charge in [-0.2, -0.15) is 0 Å². The second-order valence-corrected chi connectivity index (χ2v) is 29.9. The fraction of sp³-hybridized carbons (Fsp3) is 0.759. The van der Waals surface area contributed by atoms with Gasteiger partial charge in [0.05, 0.1) is 26.4 Å². The molecule has 0 rings (SSSR count). The molecule has 0 aliphatic rings. The van der Waals surface area contributed by atoms with E-state index in [-0.39, 0.29) is 25.7 Å². The highest BCUT2D eigenvalue weighted by atomic mass is 31.2. The van der Waals surface area contributed by atoms with Crippen molar-refractivity contribution in [2.24, 2.45) is 0 Å². The molecule has 0 aromatic carbocycles. The molecule has 0 bridgehead atoms. The smallest absolute Gasteiger partial charge is 0.462 e. The summed E-state index contributed by atoms with van der Waals surface area (Å²) in [5.41, 5.74) is 0. The quantitative estimate of drug-likeness (QED) is 0.0169. The van der Waals surface area contributed by atoms with Gasteiger partial charge in [0.15, 0.2) is 12.2 Å². The van der Waals surface area contributed by atoms with Gasteiger partial charge in [-0.15, -0.1) is 0 Å². The lowest BCUT2D eigenvalue weighted by Gasteiger charge is -2.21. The first kappa shape index (κ1) is 98.0. The maximum Gasteiger partial charge on any atom is 0.472 e. The Kier molecular flexibility index (Phi) is 72.3. The largest absolute Gasteiger partial charge is 0.472 e. The average Bonchev–Trinajstić information content (AvgIpc) is 0.908. The maximum absolute atomic E-state index is 13.1. The van der Waals surface area contributed by atoms with E-state index in [0.29, 0.717) is 25.7 Å². The lowest BCUT2D eigenvalue weighted by atomic mass is 10.1. The predicted molar refractivity (Wildman–Crippen MR) is 418 cm³/mol. The number of esters is 4. The number of phosphoric acid groups is 2. The van der Waals surface area contributed by atoms with Crippen LogP contribution in [0.15, 0.2) is 97.2 Å². The van der Waals surface area contributed by atoms with Crippen molar-refractivity contribution in [3.05, 3.63) is 97.2 Å². The zero-order valence-electron chi connectivity index (χ0n) is 64.5. The lowest BCUT2D eigenvalue weighted by molar-refractivity contribution is -0.161. The molecule has 19 heteroatoms. The molecule has 0 aliphatic carbocycles. The van der Waals surface area contributed by atoms with Crippen LogP contribution in [0.5, 0.6) is 0 Å². The van der Waals surface area contributed by atoms with E-state index in [2.05, 4.69) is 125 Å². The summed E-state index contributed by atoms with van der Waals surface area (Å²) in [5, 5.41) is 10.6. The monoisotopic (exact) mass is 1480 g/mol. The Morgan fingerprint density at radius 3 is 0.814 bits per heavy atom. The Morgan fingerprint density at radius 1 is 0.284 bits per heavy atom. The van der Waals surface area contributed by atoms with Crippen LogP contribution in [0.2, 0.25) is 0 Å². The molecule has 0 aromatic rings. The molecule has 0 spiro atoms. The van der Waals surface area contributed by atoms with Crippen LogP contribution in [0, 0.1) is 0 Å². The van der Waals surface area contributed by atoms with Crippen molar-refractivity contribution in [1.29, 1.82) is 0 Å². The first-order chi connectivity index (χ1) is 49.7. The average molecular weight is 1480 g/mol. The van der Waals surface area contributed by atoms with Crippen molar-refractivity contribution in [3.8, 4) is 0 Å². The number of unbranched alkanes of at least 4 members (excludes halogenated alkanes) is 34. The normalized spacial score (nSPS) is 14.4. The van der Waals surface area contributed by atoms with E-state index in [1.165, 1.54) is 103 Å². The number of ether oxygens (including phenoxy) is 4. The van der Waals surface area contributed by atoms with Crippen molar-refractivity contribution < 1.29 is 80.2 Å². The van der Waals surface area contributed by atoms with E-state index in [0.717, 1.165) is 167 Å². The molecule has 102 heavy (non-hydrogen) atoms. The zero-order valence-corrected chi connectivity index (χ0v) is 66.3. The fourth-order valence-electron chi connectivity index (χ4n) is 10.8. The lowest BCUT2D eigenvalue weighted by Crippen LogP contribution is -2.30. The number of aliphatic hydroxyl groups is 1. The summed E-state index contributed by atoms with van der Waals surface area (Å²) in [4.78, 5) is 73.0. The van der Waals surface area contributed by atoms with Gasteiger partial charge in [-0.3, -0.25) is 37.3 Å². The van der Waals surface area contributed by atoms with Gasteiger partial charge >= 0.3 is 39.5 Å². The van der Waals surface area contributed by atoms with Gasteiger partial charge in [0, 0.05) is 25.7 Å². The number of hydrogen-bond donors (Lipinski definition) is 3. The van der Waals surface area contributed by atoms with Gasteiger partial charge in [0.2, 0.25) is 0 Å². The van der Waals surface area contributed by atoms with E-state index >= 15 is 0 Å². The number of carbonyl (C=O) groups excluding carboxylic acids is 4. The number of phosphoric ester groups is 2. The molecule has 17 nitrogen and oxygen atoms in total. The van der Waals surface area contributed by atoms with Crippen molar-refractivity contribution in [2.45, 2.75) is 367 Å². The molecule has 0 radical (unpaired) electrons. The highest BCUT2D eigenvalue weighted by Crippen LogP contribution is 2.45. The van der Waals surface area contributed by atoms with Crippen molar-refractivity contribution in [1.82, 2.24) is 0 Å². The van der Waals surface area contributed by atoms with Crippen LogP contribution in [-0.2, 0) is 65.4 Å². The number of allylic oxidation sites excluding steroid dienone is 16. The first-order valence-corrected chi connectivity index (χ1v) is 43.5. The van der Waals surface area contributed by atoms with Crippen LogP contribution in [0.4, 0.5) is 0 Å². The molecule has 0 saturated carbocycles. The van der Waals surface area contributed by atoms with Crippen molar-refractivity contribution >= 4 is 39.5 Å². The summed E-state index contributed by atoms with van der Waals surface area (Å²) >= 11 is 0. The van der Waals surface area contributed by atoms with E-state index in [4.69, 9.17) is 37.0 Å². The topological polar surface area (TPSA) is 237 Å². The third kappa shape index (κ3) is 74.3. The van der Waals surface area contributed by atoms with Gasteiger partial charge in [-0.05, 0) is 148 Å². The Morgan fingerprint density at radius 2 is 0.510 bits per heavy atom. The SMILES string of the molecule is CC/C=C\C/C=C\C/C=C\C/C=C\C/C=C\CCCCCC(=O)O[C@H](COC(=O)CCCCCCC/C=C\CCCCCCCC)COP(=O)(O)OC[C@@H](O)COP(=O)(O)OC[C@@H](COC(=O)CCCCCCC/C=C\CCCCCCCC)OC(=O)CCCCCCC/C=C\CCCCCC. The highest BCUT2D eigenvalue weighted by Gasteiger charge is 2.30. The van der Waals surface area contributed by atoms with E-state index < -0.39 is 97.5 Å². The highest BCUT2D eigenvalue weighted by molar-refractivity contribution is 7.47. The third-order valence-electron chi connectivity index (χ3n) is 17.0. The molecule has 3 N–H and O–H groups in total. The van der Waals surface area contributed by atoms with Crippen LogP contribution < -0.4 is 0 Å². The van der Waals surface area contributed by atoms with E-state index in [9.17, 15) is 43.2 Å². The Bertz CT molecular complexity index is 2310. The van der Waals surface area contributed by atoms with Crippen LogP contribution in [0.1, 0.15) is 349 Å². The van der Waals surface area contributed by atoms with Crippen LogP contribution >= 0.6 is 15.6 Å². The van der Waals surface area contributed by atoms with Gasteiger partial charge in [0.25, 0.3) is 0 Å². The number of rotatable bonds is 76. The molecule has 0 fully saturated rings. The summed E-state index contributed by atoms with van der Waals surface area (Å²) in [7, 11) is -9.97. The van der Waals surface area contributed by atoms with Crippen LogP contribution in [0.25, 0.3) is 0 Å². The fourth-order valence-corrected chi connectivity index (χ4v) is 12.4. The minimum atomic E-state index is -4.99. The standard InChI is InChI=1S/C83H146O17P2/c1-5-9-13-17-21-25-29-33-36-37-38-39-42-46-50-54-58-62-66-70-83(88)100-79(74-94-81(86)68-64-60-56-52-48-45-41-35-31-27-23-19-15-11-7-3)76-98-102(91,92)96-72-77(84)71-95-101(89,90)97-75-78(99-82(87)69-65-61-57-53-49-43-32-28-24-20-16-12-8-4)73-93-80(85)67-63-59-55-51-47-44-40-34-30-26-22-18-14-10-6-2/h9,13,21,25,28,32-36,38-41,46,50,77-79,84H,5-8,10-12,14-20,22-24,26-27,29-31,37,42-45,47-49,51-76H2,1-4H3,(H,89,90)(H,91,92)/b13-9-,25-21-,32-28-,36-33-,39-38-,40-34-,41-35-,50-46-/t77-,78+,79+/m0/s1. The van der Waals surface area contributed by atoms with Crippen molar-refractivity contribution in [2.75, 3.05) is 39.6 Å². The summed E-state index contributed by atoms with van der Waals surface area (Å²) in [6.45, 7) is 4.71. The van der Waals surface area contributed by atoms with Crippen molar-refractivity contribution in [3.63, 3.8) is 0 Å². The van der Waals surface area contributed by atoms with Gasteiger partial charge < -0.3 is 33.8 Å². The van der Waals surface area contributed by atoms with E-state index in [1.807, 2.05) is 0 Å². The summed E-state index contributed by atoms with van der Waals surface area (Å²) in [6.07, 6.45) is 79.5. The molecule has 590 valence electrons. The molecule has 0 saturated heterocycles. The Labute approximate surface area is 620 Å². The molecular weight excluding hydrogens is 1330 g/mol. The predicted octanol–water partition coefficient (Wildman–Crippen LogP) is 23.6. The zero-order chi connectivity index (χ0) is 74.6. The second-order valence-electron chi connectivity index (χ2n) is 27.0. The first-order valence-electron chi connectivity index (χ1n) is 40.5. The summed E-state index contributed by atoms with van der Waals surface area (Å²) in [6, 6.07) is 0. The molecule has 5 atom stereocenters. The molecule has 2 unspecified atom stereocenters. The van der Waals surface area contributed by atoms with Gasteiger partial charge in [-0.1, -0.05) is 273 Å². The maximum atomic E-state index is 13.1. The third-order valence-corrected chi connectivity index (χ3v) is 18.9. The van der Waals surface area contributed by atoms with Gasteiger partial charge in [-0.25, -0.2) is 9.13 Å². The Balaban J connectivity index is 5.39. The molecular formula is C83H146O17P2.